The first kappa shape index (κ1) is 16.1. The van der Waals surface area contributed by atoms with Crippen LogP contribution in [0.3, 0.4) is 0 Å². The summed E-state index contributed by atoms with van der Waals surface area (Å²) >= 11 is 1.55. The van der Waals surface area contributed by atoms with Crippen LogP contribution in [0.4, 0.5) is 0 Å². The van der Waals surface area contributed by atoms with E-state index in [0.717, 1.165) is 22.7 Å². The van der Waals surface area contributed by atoms with Gasteiger partial charge in [-0.2, -0.15) is 0 Å². The summed E-state index contributed by atoms with van der Waals surface area (Å²) in [5, 5.41) is 0.806. The number of nitrogens with zero attached hydrogens (tertiary/aromatic N) is 1. The molecule has 114 valence electrons. The van der Waals surface area contributed by atoms with Crippen molar-refractivity contribution in [3.63, 3.8) is 0 Å². The second kappa shape index (κ2) is 7.68. The van der Waals surface area contributed by atoms with Gasteiger partial charge in [-0.05, 0) is 12.0 Å². The molecular weight excluding hydrogens is 304 g/mol. The summed E-state index contributed by atoms with van der Waals surface area (Å²) in [5.74, 6) is 0.186. The highest BCUT2D eigenvalue weighted by molar-refractivity contribution is 7.89. The second-order valence-corrected chi connectivity index (χ2v) is 8.00. The Labute approximate surface area is 130 Å². The number of aromatic nitrogens is 1. The Kier molecular flexibility index (Phi) is 5.90. The van der Waals surface area contributed by atoms with Gasteiger partial charge in [0, 0.05) is 17.5 Å². The van der Waals surface area contributed by atoms with Crippen molar-refractivity contribution in [3.05, 3.63) is 52.0 Å². The molecule has 0 atom stereocenters. The molecule has 0 saturated heterocycles. The maximum absolute atomic E-state index is 11.7. The fourth-order valence-corrected chi connectivity index (χ4v) is 4.04. The Bertz CT molecular complexity index is 651. The lowest BCUT2D eigenvalue weighted by molar-refractivity contribution is 0.577. The molecule has 2 rings (SSSR count). The fourth-order valence-electron chi connectivity index (χ4n) is 1.89. The monoisotopic (exact) mass is 324 g/mol. The second-order valence-electron chi connectivity index (χ2n) is 4.88. The third-order valence-electron chi connectivity index (χ3n) is 3.03. The topological polar surface area (TPSA) is 59.1 Å². The first-order valence-corrected chi connectivity index (χ1v) is 9.51. The summed E-state index contributed by atoms with van der Waals surface area (Å²) in [6.07, 6.45) is 4.22. The van der Waals surface area contributed by atoms with Gasteiger partial charge in [-0.1, -0.05) is 43.7 Å². The molecule has 0 saturated carbocycles. The molecule has 0 aliphatic carbocycles. The van der Waals surface area contributed by atoms with Gasteiger partial charge in [0.1, 0.15) is 5.01 Å². The van der Waals surface area contributed by atoms with E-state index in [-0.39, 0.29) is 12.3 Å². The highest BCUT2D eigenvalue weighted by Gasteiger charge is 2.10. The van der Waals surface area contributed by atoms with Crippen LogP contribution in [0.5, 0.6) is 0 Å². The Balaban J connectivity index is 1.89. The Morgan fingerprint density at radius 3 is 2.71 bits per heavy atom. The van der Waals surface area contributed by atoms with E-state index in [0.29, 0.717) is 6.42 Å². The summed E-state index contributed by atoms with van der Waals surface area (Å²) in [4.78, 5) is 5.43. The Hall–Kier alpha value is -1.24. The van der Waals surface area contributed by atoms with Gasteiger partial charge in [0.15, 0.2) is 0 Å². The van der Waals surface area contributed by atoms with Crippen molar-refractivity contribution in [2.24, 2.45) is 0 Å². The minimum absolute atomic E-state index is 0.186. The fraction of sp³-hybridized carbons (Fsp3) is 0.400. The molecule has 4 nitrogen and oxygen atoms in total. The van der Waals surface area contributed by atoms with Gasteiger partial charge >= 0.3 is 0 Å². The smallest absolute Gasteiger partial charge is 0.211 e. The van der Waals surface area contributed by atoms with E-state index in [4.69, 9.17) is 0 Å². The van der Waals surface area contributed by atoms with Gasteiger partial charge in [0.05, 0.1) is 12.3 Å². The van der Waals surface area contributed by atoms with Crippen LogP contribution in [0.25, 0.3) is 0 Å². The molecule has 0 spiro atoms. The number of benzene rings is 1. The number of hydrogen-bond donors (Lipinski definition) is 1. The lowest BCUT2D eigenvalue weighted by Gasteiger charge is -2.03. The van der Waals surface area contributed by atoms with E-state index in [1.807, 2.05) is 31.3 Å². The van der Waals surface area contributed by atoms with Crippen LogP contribution < -0.4 is 4.72 Å². The van der Waals surface area contributed by atoms with E-state index in [1.165, 1.54) is 5.56 Å². The van der Waals surface area contributed by atoms with E-state index >= 15 is 0 Å². The van der Waals surface area contributed by atoms with Gasteiger partial charge in [-0.15, -0.1) is 11.3 Å². The van der Waals surface area contributed by atoms with Crippen molar-refractivity contribution >= 4 is 21.4 Å². The van der Waals surface area contributed by atoms with Crippen molar-refractivity contribution in [2.45, 2.75) is 32.7 Å². The van der Waals surface area contributed by atoms with E-state index in [2.05, 4.69) is 21.8 Å². The van der Waals surface area contributed by atoms with Crippen LogP contribution >= 0.6 is 11.3 Å². The standard InChI is InChI=1S/C15H20N2O2S2/c1-2-3-9-21(18,19)17-12-15-16-11-14(20-15)10-13-7-5-4-6-8-13/h4-8,11,17H,2-3,9-10,12H2,1H3. The third-order valence-corrected chi connectivity index (χ3v) is 5.44. The molecule has 0 amide bonds. The molecule has 0 bridgehead atoms. The average molecular weight is 324 g/mol. The van der Waals surface area contributed by atoms with Crippen LogP contribution in [-0.2, 0) is 23.0 Å². The number of sulfonamides is 1. The van der Waals surface area contributed by atoms with Crippen LogP contribution in [0.1, 0.15) is 35.2 Å². The first-order chi connectivity index (χ1) is 10.1. The quantitative estimate of drug-likeness (QED) is 0.812. The molecular formula is C15H20N2O2S2. The Morgan fingerprint density at radius 1 is 1.24 bits per heavy atom. The minimum atomic E-state index is -3.17. The number of unbranched alkanes of at least 4 members (excludes halogenated alkanes) is 1. The molecule has 2 aromatic rings. The van der Waals surface area contributed by atoms with E-state index in [1.54, 1.807) is 11.3 Å². The van der Waals surface area contributed by atoms with E-state index < -0.39 is 10.0 Å². The zero-order valence-electron chi connectivity index (χ0n) is 12.1. The van der Waals surface area contributed by atoms with E-state index in [9.17, 15) is 8.42 Å². The molecule has 0 radical (unpaired) electrons. The molecule has 6 heteroatoms. The van der Waals surface area contributed by atoms with Gasteiger partial charge in [-0.3, -0.25) is 0 Å². The largest absolute Gasteiger partial charge is 0.248 e. The molecule has 0 unspecified atom stereocenters. The zero-order chi connectivity index (χ0) is 15.1. The van der Waals surface area contributed by atoms with Crippen molar-refractivity contribution in [2.75, 3.05) is 5.75 Å². The molecule has 1 aromatic carbocycles. The summed E-state index contributed by atoms with van der Waals surface area (Å²) in [6, 6.07) is 10.2. The number of thiazole rings is 1. The highest BCUT2D eigenvalue weighted by atomic mass is 32.2. The predicted molar refractivity (Wildman–Crippen MR) is 86.9 cm³/mol. The molecule has 0 fully saturated rings. The number of nitrogens with one attached hydrogen (secondary N) is 1. The summed E-state index contributed by atoms with van der Waals surface area (Å²) < 4.78 is 26.1. The molecule has 1 heterocycles. The van der Waals surface area contributed by atoms with Gasteiger partial charge in [0.2, 0.25) is 10.0 Å². The molecule has 21 heavy (non-hydrogen) atoms. The van der Waals surface area contributed by atoms with Crippen LogP contribution in [0.15, 0.2) is 36.5 Å². The molecule has 0 aliphatic rings. The molecule has 1 N–H and O–H groups in total. The van der Waals surface area contributed by atoms with Crippen molar-refractivity contribution in [3.8, 4) is 0 Å². The van der Waals surface area contributed by atoms with Crippen molar-refractivity contribution in [1.82, 2.24) is 9.71 Å². The van der Waals surface area contributed by atoms with Gasteiger partial charge in [0.25, 0.3) is 0 Å². The minimum Gasteiger partial charge on any atom is -0.248 e. The normalized spacial score (nSPS) is 11.7. The van der Waals surface area contributed by atoms with Gasteiger partial charge < -0.3 is 0 Å². The lowest BCUT2D eigenvalue weighted by atomic mass is 10.1. The lowest BCUT2D eigenvalue weighted by Crippen LogP contribution is -2.25. The molecule has 1 aromatic heterocycles. The highest BCUT2D eigenvalue weighted by Crippen LogP contribution is 2.17. The third kappa shape index (κ3) is 5.57. The van der Waals surface area contributed by atoms with Crippen molar-refractivity contribution < 1.29 is 8.42 Å². The van der Waals surface area contributed by atoms with Crippen LogP contribution in [-0.4, -0.2) is 19.2 Å². The Morgan fingerprint density at radius 2 is 2.00 bits per heavy atom. The first-order valence-electron chi connectivity index (χ1n) is 7.04. The average Bonchev–Trinajstić information content (AvgIpc) is 2.92. The van der Waals surface area contributed by atoms with Gasteiger partial charge in [-0.25, -0.2) is 18.1 Å². The SMILES string of the molecule is CCCCS(=O)(=O)NCc1ncc(Cc2ccccc2)s1. The molecule has 0 aliphatic heterocycles. The summed E-state index contributed by atoms with van der Waals surface area (Å²) in [5.41, 5.74) is 1.23. The number of rotatable bonds is 8. The zero-order valence-corrected chi connectivity index (χ0v) is 13.7. The summed E-state index contributed by atoms with van der Waals surface area (Å²) in [7, 11) is -3.17. The maximum atomic E-state index is 11.7. The predicted octanol–water partition coefficient (Wildman–Crippen LogP) is 2.95. The maximum Gasteiger partial charge on any atom is 0.211 e. The van der Waals surface area contributed by atoms with Crippen LogP contribution in [0, 0.1) is 0 Å². The number of hydrogen-bond acceptors (Lipinski definition) is 4. The summed E-state index contributed by atoms with van der Waals surface area (Å²) in [6.45, 7) is 2.26. The van der Waals surface area contributed by atoms with Crippen molar-refractivity contribution in [1.29, 1.82) is 0 Å². The van der Waals surface area contributed by atoms with Crippen LogP contribution in [0.2, 0.25) is 0 Å².